The number of nitrogens with one attached hydrogen (secondary N) is 1. The number of phenols is 1. The van der Waals surface area contributed by atoms with E-state index in [-0.39, 0.29) is 5.56 Å². The molecule has 1 atom stereocenters. The van der Waals surface area contributed by atoms with E-state index in [4.69, 9.17) is 9.84 Å². The van der Waals surface area contributed by atoms with Gasteiger partial charge in [0.25, 0.3) is 0 Å². The highest BCUT2D eigenvalue weighted by Crippen LogP contribution is 2.25. The molecule has 0 heterocycles. The lowest BCUT2D eigenvalue weighted by Crippen LogP contribution is -2.38. The molecule has 0 aliphatic heterocycles. The first-order valence-corrected chi connectivity index (χ1v) is 5.81. The molecule has 20 heavy (non-hydrogen) atoms. The number of carbonyl (C=O) groups excluding carboxylic acids is 1. The zero-order valence-corrected chi connectivity index (χ0v) is 11.3. The van der Waals surface area contributed by atoms with E-state index in [1.54, 1.807) is 20.8 Å². The van der Waals surface area contributed by atoms with Gasteiger partial charge in [-0.15, -0.1) is 0 Å². The first-order valence-electron chi connectivity index (χ1n) is 5.81. The number of carboxylic acids is 1. The van der Waals surface area contributed by atoms with Gasteiger partial charge < -0.3 is 20.3 Å². The number of carbonyl (C=O) groups is 2. The molecule has 1 aromatic carbocycles. The van der Waals surface area contributed by atoms with E-state index >= 15 is 0 Å². The van der Waals surface area contributed by atoms with Crippen molar-refractivity contribution in [2.75, 3.05) is 0 Å². The van der Waals surface area contributed by atoms with Crippen molar-refractivity contribution in [1.82, 2.24) is 5.32 Å². The van der Waals surface area contributed by atoms with Crippen LogP contribution in [-0.4, -0.2) is 27.9 Å². The third-order valence-electron chi connectivity index (χ3n) is 2.21. The summed E-state index contributed by atoms with van der Waals surface area (Å²) in [4.78, 5) is 22.7. The van der Waals surface area contributed by atoms with E-state index in [1.807, 2.05) is 0 Å². The fourth-order valence-corrected chi connectivity index (χ4v) is 1.45. The molecule has 0 bridgehead atoms. The Morgan fingerprint density at radius 2 is 1.95 bits per heavy atom. The average molecular weight is 285 g/mol. The molecule has 1 rings (SSSR count). The van der Waals surface area contributed by atoms with Crippen LogP contribution in [0, 0.1) is 5.82 Å². The van der Waals surface area contributed by atoms with Crippen molar-refractivity contribution < 1.29 is 28.9 Å². The summed E-state index contributed by atoms with van der Waals surface area (Å²) in [5.74, 6) is -2.61. The highest BCUT2D eigenvalue weighted by atomic mass is 19.1. The zero-order chi connectivity index (χ0) is 15.5. The van der Waals surface area contributed by atoms with Crippen molar-refractivity contribution in [2.45, 2.75) is 32.4 Å². The van der Waals surface area contributed by atoms with E-state index < -0.39 is 35.3 Å². The molecule has 0 aliphatic carbocycles. The van der Waals surface area contributed by atoms with Crippen molar-refractivity contribution in [3.05, 3.63) is 29.6 Å². The van der Waals surface area contributed by atoms with Gasteiger partial charge in [0.05, 0.1) is 0 Å². The molecule has 0 spiro atoms. The Hall–Kier alpha value is -2.31. The Bertz CT molecular complexity index is 524. The van der Waals surface area contributed by atoms with E-state index in [1.165, 1.54) is 0 Å². The largest absolute Gasteiger partial charge is 0.508 e. The summed E-state index contributed by atoms with van der Waals surface area (Å²) < 4.78 is 18.1. The van der Waals surface area contributed by atoms with Crippen molar-refractivity contribution >= 4 is 12.1 Å². The highest BCUT2D eigenvalue weighted by molar-refractivity contribution is 5.82. The van der Waals surface area contributed by atoms with Crippen LogP contribution in [0.3, 0.4) is 0 Å². The summed E-state index contributed by atoms with van der Waals surface area (Å²) in [6.07, 6.45) is -0.978. The number of hydrogen-bond donors (Lipinski definition) is 3. The Labute approximate surface area is 115 Å². The van der Waals surface area contributed by atoms with Gasteiger partial charge in [-0.2, -0.15) is 0 Å². The maximum atomic E-state index is 13.1. The number of carboxylic acid groups (broad SMARTS) is 1. The predicted molar refractivity (Wildman–Crippen MR) is 67.8 cm³/mol. The molecule has 6 nitrogen and oxygen atoms in total. The van der Waals surface area contributed by atoms with Crippen LogP contribution in [0.5, 0.6) is 5.75 Å². The molecular formula is C13H16FNO5. The van der Waals surface area contributed by atoms with Crippen molar-refractivity contribution in [1.29, 1.82) is 0 Å². The topological polar surface area (TPSA) is 95.9 Å². The Morgan fingerprint density at radius 3 is 2.45 bits per heavy atom. The van der Waals surface area contributed by atoms with E-state index in [0.29, 0.717) is 0 Å². The molecule has 1 amide bonds. The summed E-state index contributed by atoms with van der Waals surface area (Å²) in [6, 6.07) is 1.22. The maximum absolute atomic E-state index is 13.1. The summed E-state index contributed by atoms with van der Waals surface area (Å²) in [5, 5.41) is 20.7. The predicted octanol–water partition coefficient (Wildman–Crippen LogP) is 2.18. The van der Waals surface area contributed by atoms with Gasteiger partial charge in [0.1, 0.15) is 17.2 Å². The molecule has 0 saturated carbocycles. The number of halogens is 1. The Kier molecular flexibility index (Phi) is 4.54. The molecule has 0 aromatic heterocycles. The van der Waals surface area contributed by atoms with Crippen LogP contribution in [0.25, 0.3) is 0 Å². The molecule has 1 aromatic rings. The van der Waals surface area contributed by atoms with Gasteiger partial charge in [0.2, 0.25) is 0 Å². The molecule has 0 saturated heterocycles. The lowest BCUT2D eigenvalue weighted by atomic mass is 10.1. The van der Waals surface area contributed by atoms with Crippen LogP contribution in [0.15, 0.2) is 18.2 Å². The summed E-state index contributed by atoms with van der Waals surface area (Å²) in [7, 11) is 0. The number of aliphatic carboxylic acids is 1. The quantitative estimate of drug-likeness (QED) is 0.791. The second-order valence-electron chi connectivity index (χ2n) is 5.12. The van der Waals surface area contributed by atoms with Crippen LogP contribution in [0.4, 0.5) is 9.18 Å². The lowest BCUT2D eigenvalue weighted by molar-refractivity contribution is -0.139. The summed E-state index contributed by atoms with van der Waals surface area (Å²) >= 11 is 0. The molecule has 3 N–H and O–H groups in total. The summed E-state index contributed by atoms with van der Waals surface area (Å²) in [6.45, 7) is 4.84. The summed E-state index contributed by atoms with van der Waals surface area (Å²) in [5.41, 5.74) is -1.07. The molecule has 7 heteroatoms. The first-order chi connectivity index (χ1) is 9.10. The number of alkyl carbamates (subject to hydrolysis) is 1. The molecule has 0 radical (unpaired) electrons. The van der Waals surface area contributed by atoms with Gasteiger partial charge >= 0.3 is 12.1 Å². The fourth-order valence-electron chi connectivity index (χ4n) is 1.45. The number of phenolic OH excluding ortho intramolecular Hbond substituents is 1. The van der Waals surface area contributed by atoms with Crippen LogP contribution in [0.1, 0.15) is 32.4 Å². The SMILES string of the molecule is CC(C)(C)OC(=O)NC(C(=O)O)c1cc(F)ccc1O. The fraction of sp³-hybridized carbons (Fsp3) is 0.385. The minimum atomic E-state index is -1.61. The average Bonchev–Trinajstić information content (AvgIpc) is 2.27. The number of amides is 1. The first kappa shape index (κ1) is 15.7. The Morgan fingerprint density at radius 1 is 1.35 bits per heavy atom. The number of hydrogen-bond acceptors (Lipinski definition) is 4. The van der Waals surface area contributed by atoms with Gasteiger partial charge in [-0.3, -0.25) is 0 Å². The van der Waals surface area contributed by atoms with Crippen molar-refractivity contribution in [3.8, 4) is 5.75 Å². The monoisotopic (exact) mass is 285 g/mol. The second-order valence-corrected chi connectivity index (χ2v) is 5.12. The maximum Gasteiger partial charge on any atom is 0.408 e. The smallest absolute Gasteiger partial charge is 0.408 e. The van der Waals surface area contributed by atoms with Crippen molar-refractivity contribution in [2.24, 2.45) is 0 Å². The van der Waals surface area contributed by atoms with E-state index in [0.717, 1.165) is 18.2 Å². The zero-order valence-electron chi connectivity index (χ0n) is 11.3. The standard InChI is InChI=1S/C13H16FNO5/c1-13(2,3)20-12(19)15-10(11(17)18)8-6-7(14)4-5-9(8)16/h4-6,10,16H,1-3H3,(H,15,19)(H,17,18). The van der Waals surface area contributed by atoms with Crippen LogP contribution in [0.2, 0.25) is 0 Å². The van der Waals surface area contributed by atoms with Gasteiger partial charge in [-0.25, -0.2) is 14.0 Å². The minimum Gasteiger partial charge on any atom is -0.508 e. The second kappa shape index (κ2) is 5.77. The Balaban J connectivity index is 2.98. The number of benzene rings is 1. The van der Waals surface area contributed by atoms with E-state index in [2.05, 4.69) is 5.32 Å². The third-order valence-corrected chi connectivity index (χ3v) is 2.21. The molecule has 1 unspecified atom stereocenters. The molecule has 110 valence electrons. The normalized spacial score (nSPS) is 12.6. The number of ether oxygens (including phenoxy) is 1. The van der Waals surface area contributed by atoms with Gasteiger partial charge in [0.15, 0.2) is 6.04 Å². The van der Waals surface area contributed by atoms with Crippen molar-refractivity contribution in [3.63, 3.8) is 0 Å². The van der Waals surface area contributed by atoms with E-state index in [9.17, 15) is 19.1 Å². The molecule has 0 aliphatic rings. The lowest BCUT2D eigenvalue weighted by Gasteiger charge is -2.22. The third kappa shape index (κ3) is 4.42. The number of rotatable bonds is 3. The van der Waals surface area contributed by atoms with Gasteiger partial charge in [0, 0.05) is 5.56 Å². The number of aromatic hydroxyl groups is 1. The van der Waals surface area contributed by atoms with Gasteiger partial charge in [-0.05, 0) is 39.0 Å². The highest BCUT2D eigenvalue weighted by Gasteiger charge is 2.27. The molecule has 0 fully saturated rings. The van der Waals surface area contributed by atoms with Gasteiger partial charge in [-0.1, -0.05) is 0 Å². The van der Waals surface area contributed by atoms with Crippen LogP contribution in [-0.2, 0) is 9.53 Å². The minimum absolute atomic E-state index is 0.261. The molecular weight excluding hydrogens is 269 g/mol. The van der Waals surface area contributed by atoms with Crippen LogP contribution >= 0.6 is 0 Å². The van der Waals surface area contributed by atoms with Crippen LogP contribution < -0.4 is 5.32 Å².